The number of esters is 1. The van der Waals surface area contributed by atoms with Crippen LogP contribution in [0.2, 0.25) is 0 Å². The van der Waals surface area contributed by atoms with Gasteiger partial charge in [0.2, 0.25) is 0 Å². The fourth-order valence-electron chi connectivity index (χ4n) is 7.25. The van der Waals surface area contributed by atoms with E-state index in [1.54, 1.807) is 6.92 Å². The SMILES string of the molecule is CCCCCCCCCCCCCCCCCCC(CCCCCCCCCCCCCCCCCC)(CP(=O)(O)O)C(=O)OCC. The van der Waals surface area contributed by atoms with Crippen LogP contribution >= 0.6 is 7.60 Å². The summed E-state index contributed by atoms with van der Waals surface area (Å²) >= 11 is 0. The molecule has 0 aliphatic rings. The molecule has 47 heavy (non-hydrogen) atoms. The van der Waals surface area contributed by atoms with Gasteiger partial charge >= 0.3 is 13.6 Å². The van der Waals surface area contributed by atoms with Gasteiger partial charge in [-0.2, -0.15) is 0 Å². The maximum absolute atomic E-state index is 13.2. The lowest BCUT2D eigenvalue weighted by Crippen LogP contribution is -2.37. The standard InChI is InChI=1S/C41H83O5P/c1-4-7-9-11-13-15-17-19-21-23-25-27-29-31-33-35-37-41(39-47(43,44)45,40(42)46-6-3)38-36-34-32-30-28-26-24-22-20-18-16-14-12-10-8-5-2/h4-39H2,1-3H3,(H2,43,44,45). The van der Waals surface area contributed by atoms with Crippen LogP contribution in [0, 0.1) is 5.41 Å². The highest BCUT2D eigenvalue weighted by Crippen LogP contribution is 2.47. The predicted octanol–water partition coefficient (Wildman–Crippen LogP) is 14.0. The highest BCUT2D eigenvalue weighted by Gasteiger charge is 2.44. The molecule has 0 aliphatic heterocycles. The Kier molecular flexibility index (Phi) is 33.8. The number of rotatable bonds is 38. The molecule has 5 nitrogen and oxygen atoms in total. The highest BCUT2D eigenvalue weighted by molar-refractivity contribution is 7.51. The molecule has 0 unspecified atom stereocenters. The van der Waals surface area contributed by atoms with E-state index in [1.807, 2.05) is 0 Å². The zero-order valence-electron chi connectivity index (χ0n) is 32.0. The van der Waals surface area contributed by atoms with Crippen LogP contribution in [-0.4, -0.2) is 28.5 Å². The van der Waals surface area contributed by atoms with Crippen LogP contribution in [0.15, 0.2) is 0 Å². The van der Waals surface area contributed by atoms with Gasteiger partial charge in [-0.3, -0.25) is 9.36 Å². The van der Waals surface area contributed by atoms with Gasteiger partial charge in [0.05, 0.1) is 18.2 Å². The van der Waals surface area contributed by atoms with Gasteiger partial charge in [-0.15, -0.1) is 0 Å². The Hall–Kier alpha value is -0.380. The Morgan fingerprint density at radius 1 is 0.447 bits per heavy atom. The third-order valence-corrected chi connectivity index (χ3v) is 11.3. The number of carbonyl (C=O) groups excluding carboxylic acids is 1. The zero-order chi connectivity index (χ0) is 34.7. The second-order valence-electron chi connectivity index (χ2n) is 14.9. The molecule has 0 heterocycles. The summed E-state index contributed by atoms with van der Waals surface area (Å²) in [7, 11) is -4.35. The van der Waals surface area contributed by atoms with E-state index in [9.17, 15) is 19.1 Å². The maximum Gasteiger partial charge on any atom is 0.326 e. The lowest BCUT2D eigenvalue weighted by Gasteiger charge is -2.32. The monoisotopic (exact) mass is 687 g/mol. The smallest absolute Gasteiger partial charge is 0.326 e. The number of unbranched alkanes of at least 4 members (excludes halogenated alkanes) is 30. The van der Waals surface area contributed by atoms with Crippen LogP contribution in [0.25, 0.3) is 0 Å². The van der Waals surface area contributed by atoms with E-state index in [2.05, 4.69) is 13.8 Å². The lowest BCUT2D eigenvalue weighted by atomic mass is 9.79. The van der Waals surface area contributed by atoms with E-state index in [-0.39, 0.29) is 12.8 Å². The summed E-state index contributed by atoms with van der Waals surface area (Å²) in [6, 6.07) is 0. The van der Waals surface area contributed by atoms with E-state index in [1.165, 1.54) is 167 Å². The fraction of sp³-hybridized carbons (Fsp3) is 0.976. The molecule has 282 valence electrons. The number of carbonyl (C=O) groups is 1. The minimum Gasteiger partial charge on any atom is -0.466 e. The van der Waals surface area contributed by atoms with Crippen molar-refractivity contribution in [3.8, 4) is 0 Å². The molecule has 0 aliphatic carbocycles. The second kappa shape index (κ2) is 34.1. The van der Waals surface area contributed by atoms with Crippen LogP contribution in [0.4, 0.5) is 0 Å². The van der Waals surface area contributed by atoms with Crippen LogP contribution in [0.3, 0.4) is 0 Å². The van der Waals surface area contributed by atoms with Crippen molar-refractivity contribution in [1.29, 1.82) is 0 Å². The largest absolute Gasteiger partial charge is 0.466 e. The third-order valence-electron chi connectivity index (χ3n) is 10.2. The number of ether oxygens (including phenoxy) is 1. The van der Waals surface area contributed by atoms with E-state index in [0.717, 1.165) is 38.5 Å². The Morgan fingerprint density at radius 2 is 0.681 bits per heavy atom. The molecule has 0 radical (unpaired) electrons. The van der Waals surface area contributed by atoms with Gasteiger partial charge in [0.1, 0.15) is 0 Å². The minimum absolute atomic E-state index is 0.250. The van der Waals surface area contributed by atoms with Gasteiger partial charge in [-0.05, 0) is 19.8 Å². The Balaban J connectivity index is 4.20. The summed E-state index contributed by atoms with van der Waals surface area (Å²) in [5.74, 6) is -0.398. The van der Waals surface area contributed by atoms with Crippen LogP contribution in [-0.2, 0) is 14.1 Å². The molecule has 6 heteroatoms. The summed E-state index contributed by atoms with van der Waals surface area (Å²) in [6.07, 6.45) is 41.8. The Labute approximate surface area is 294 Å². The topological polar surface area (TPSA) is 83.8 Å². The molecular formula is C41H83O5P. The van der Waals surface area contributed by atoms with Crippen molar-refractivity contribution in [2.75, 3.05) is 12.8 Å². The van der Waals surface area contributed by atoms with Crippen LogP contribution in [0.1, 0.15) is 239 Å². The van der Waals surface area contributed by atoms with Crippen molar-refractivity contribution in [2.45, 2.75) is 239 Å². The van der Waals surface area contributed by atoms with Gasteiger partial charge in [0, 0.05) is 0 Å². The van der Waals surface area contributed by atoms with Gasteiger partial charge in [0.15, 0.2) is 0 Å². The maximum atomic E-state index is 13.2. The van der Waals surface area contributed by atoms with Gasteiger partial charge in [-0.25, -0.2) is 0 Å². The second-order valence-corrected chi connectivity index (χ2v) is 16.6. The van der Waals surface area contributed by atoms with Crippen molar-refractivity contribution in [1.82, 2.24) is 0 Å². The normalized spacial score (nSPS) is 12.2. The Bertz CT molecular complexity index is 670. The molecule has 0 rings (SSSR count). The average Bonchev–Trinajstić information content (AvgIpc) is 3.03. The summed E-state index contributed by atoms with van der Waals surface area (Å²) in [4.78, 5) is 33.0. The molecule has 0 aromatic carbocycles. The van der Waals surface area contributed by atoms with Crippen molar-refractivity contribution in [2.24, 2.45) is 5.41 Å². The van der Waals surface area contributed by atoms with Crippen LogP contribution < -0.4 is 0 Å². The molecule has 0 saturated carbocycles. The average molecular weight is 687 g/mol. The molecule has 0 fully saturated rings. The van der Waals surface area contributed by atoms with E-state index in [0.29, 0.717) is 12.8 Å². The van der Waals surface area contributed by atoms with Gasteiger partial charge < -0.3 is 14.5 Å². The molecule has 2 N–H and O–H groups in total. The Morgan fingerprint density at radius 3 is 0.894 bits per heavy atom. The minimum atomic E-state index is -4.35. The molecule has 0 spiro atoms. The molecule has 0 saturated heterocycles. The number of hydrogen-bond donors (Lipinski definition) is 2. The first kappa shape index (κ1) is 46.6. The number of hydrogen-bond acceptors (Lipinski definition) is 3. The first-order chi connectivity index (χ1) is 22.8. The molecule has 0 amide bonds. The van der Waals surface area contributed by atoms with E-state index in [4.69, 9.17) is 4.74 Å². The molecule has 0 atom stereocenters. The van der Waals surface area contributed by atoms with E-state index >= 15 is 0 Å². The lowest BCUT2D eigenvalue weighted by molar-refractivity contribution is -0.155. The third kappa shape index (κ3) is 31.3. The first-order valence-corrected chi connectivity index (χ1v) is 22.8. The highest BCUT2D eigenvalue weighted by atomic mass is 31.2. The summed E-state index contributed by atoms with van der Waals surface area (Å²) in [5, 5.41) is 0. The molecule has 0 aromatic heterocycles. The molecular weight excluding hydrogens is 603 g/mol. The zero-order valence-corrected chi connectivity index (χ0v) is 32.9. The predicted molar refractivity (Wildman–Crippen MR) is 204 cm³/mol. The summed E-state index contributed by atoms with van der Waals surface area (Å²) in [6.45, 7) is 6.58. The summed E-state index contributed by atoms with van der Waals surface area (Å²) in [5.41, 5.74) is -1.05. The van der Waals surface area contributed by atoms with Crippen molar-refractivity contribution >= 4 is 13.6 Å². The fourth-order valence-corrected chi connectivity index (χ4v) is 8.49. The van der Waals surface area contributed by atoms with Crippen LogP contribution in [0.5, 0.6) is 0 Å². The van der Waals surface area contributed by atoms with E-state index < -0.39 is 19.0 Å². The molecule has 0 bridgehead atoms. The quantitative estimate of drug-likeness (QED) is 0.0384. The van der Waals surface area contributed by atoms with Crippen molar-refractivity contribution in [3.63, 3.8) is 0 Å². The van der Waals surface area contributed by atoms with Gasteiger partial charge in [-0.1, -0.05) is 219 Å². The van der Waals surface area contributed by atoms with Gasteiger partial charge in [0.25, 0.3) is 0 Å². The first-order valence-electron chi connectivity index (χ1n) is 21.0. The van der Waals surface area contributed by atoms with Crippen molar-refractivity contribution < 1.29 is 23.9 Å². The summed E-state index contributed by atoms with van der Waals surface area (Å²) < 4.78 is 17.6. The molecule has 0 aromatic rings. The van der Waals surface area contributed by atoms with Crippen molar-refractivity contribution in [3.05, 3.63) is 0 Å².